The van der Waals surface area contributed by atoms with Crippen molar-refractivity contribution in [2.45, 2.75) is 39.7 Å². The molecule has 0 aliphatic heterocycles. The van der Waals surface area contributed by atoms with Crippen LogP contribution in [0, 0.1) is 6.92 Å². The van der Waals surface area contributed by atoms with Gasteiger partial charge in [-0.05, 0) is 63.6 Å². The van der Waals surface area contributed by atoms with Crippen LogP contribution in [0.1, 0.15) is 37.7 Å². The molecule has 0 spiro atoms. The molecule has 0 saturated carbocycles. The number of aromatic nitrogens is 2. The highest BCUT2D eigenvalue weighted by molar-refractivity contribution is 5.93. The van der Waals surface area contributed by atoms with Crippen molar-refractivity contribution in [3.8, 4) is 0 Å². The first kappa shape index (κ1) is 18.1. The molecule has 0 fully saturated rings. The Labute approximate surface area is 153 Å². The molecule has 3 aromatic rings. The average Bonchev–Trinajstić information content (AvgIpc) is 2.97. The average molecular weight is 351 g/mol. The standard InChI is InChI=1S/C21H25N3O2/c1-15-13-19(7-10-22-15)24(12-9-21(3,4)26)18-5-6-20-17(14-18)8-11-23(20)16(2)25/h5-8,10-11,13-14,26H,9,12H2,1-4H3. The Hall–Kier alpha value is -2.66. The summed E-state index contributed by atoms with van der Waals surface area (Å²) in [6, 6.07) is 12.0. The maximum absolute atomic E-state index is 11.7. The molecular formula is C21H25N3O2. The molecule has 1 aromatic carbocycles. The number of aliphatic hydroxyl groups is 1. The molecule has 0 unspecified atom stereocenters. The van der Waals surface area contributed by atoms with E-state index in [0.29, 0.717) is 13.0 Å². The Morgan fingerprint density at radius 3 is 2.58 bits per heavy atom. The summed E-state index contributed by atoms with van der Waals surface area (Å²) in [5.41, 5.74) is 3.15. The fraction of sp³-hybridized carbons (Fsp3) is 0.333. The maximum atomic E-state index is 11.7. The summed E-state index contributed by atoms with van der Waals surface area (Å²) in [5.74, 6) is -0.00334. The second kappa shape index (κ2) is 6.92. The van der Waals surface area contributed by atoms with Crippen molar-refractivity contribution in [1.82, 2.24) is 9.55 Å². The largest absolute Gasteiger partial charge is 0.390 e. The molecule has 2 heterocycles. The number of carbonyl (C=O) groups excluding carboxylic acids is 1. The molecule has 0 aliphatic rings. The van der Waals surface area contributed by atoms with E-state index in [-0.39, 0.29) is 5.91 Å². The first-order valence-corrected chi connectivity index (χ1v) is 8.79. The topological polar surface area (TPSA) is 58.4 Å². The van der Waals surface area contributed by atoms with Crippen LogP contribution in [-0.4, -0.2) is 32.7 Å². The number of aryl methyl sites for hydroxylation is 1. The van der Waals surface area contributed by atoms with Crippen molar-refractivity contribution in [3.63, 3.8) is 0 Å². The molecule has 0 aliphatic carbocycles. The molecule has 5 nitrogen and oxygen atoms in total. The van der Waals surface area contributed by atoms with Gasteiger partial charge < -0.3 is 10.0 Å². The molecule has 0 amide bonds. The Morgan fingerprint density at radius 2 is 1.92 bits per heavy atom. The summed E-state index contributed by atoms with van der Waals surface area (Å²) in [7, 11) is 0. The molecule has 2 aromatic heterocycles. The van der Waals surface area contributed by atoms with Gasteiger partial charge in [0.25, 0.3) is 0 Å². The van der Waals surface area contributed by atoms with Crippen LogP contribution >= 0.6 is 0 Å². The molecule has 0 bridgehead atoms. The zero-order valence-electron chi connectivity index (χ0n) is 15.7. The molecule has 0 radical (unpaired) electrons. The van der Waals surface area contributed by atoms with E-state index >= 15 is 0 Å². The molecule has 0 atom stereocenters. The minimum absolute atomic E-state index is 0.00334. The number of pyridine rings is 1. The fourth-order valence-electron chi connectivity index (χ4n) is 3.06. The number of rotatable bonds is 5. The third-order valence-electron chi connectivity index (χ3n) is 4.46. The lowest BCUT2D eigenvalue weighted by Gasteiger charge is -2.28. The normalized spacial score (nSPS) is 11.7. The van der Waals surface area contributed by atoms with E-state index in [4.69, 9.17) is 0 Å². The van der Waals surface area contributed by atoms with Gasteiger partial charge >= 0.3 is 0 Å². The van der Waals surface area contributed by atoms with Crippen molar-refractivity contribution < 1.29 is 9.90 Å². The predicted octanol–water partition coefficient (Wildman–Crippen LogP) is 4.30. The number of hydrogen-bond donors (Lipinski definition) is 1. The lowest BCUT2D eigenvalue weighted by atomic mass is 10.0. The number of hydrogen-bond acceptors (Lipinski definition) is 4. The fourth-order valence-corrected chi connectivity index (χ4v) is 3.06. The smallest absolute Gasteiger partial charge is 0.227 e. The van der Waals surface area contributed by atoms with E-state index in [0.717, 1.165) is 28.0 Å². The molecule has 26 heavy (non-hydrogen) atoms. The predicted molar refractivity (Wildman–Crippen MR) is 105 cm³/mol. The number of anilines is 2. The second-order valence-corrected chi connectivity index (χ2v) is 7.32. The van der Waals surface area contributed by atoms with E-state index < -0.39 is 5.60 Å². The molecule has 0 saturated heterocycles. The van der Waals surface area contributed by atoms with Gasteiger partial charge in [0.15, 0.2) is 0 Å². The number of nitrogens with zero attached hydrogens (tertiary/aromatic N) is 3. The van der Waals surface area contributed by atoms with Crippen LogP contribution in [-0.2, 0) is 0 Å². The van der Waals surface area contributed by atoms with E-state index in [9.17, 15) is 9.90 Å². The van der Waals surface area contributed by atoms with Gasteiger partial charge in [0.1, 0.15) is 0 Å². The van der Waals surface area contributed by atoms with E-state index in [2.05, 4.69) is 16.0 Å². The molecule has 1 N–H and O–H groups in total. The third-order valence-corrected chi connectivity index (χ3v) is 4.46. The third kappa shape index (κ3) is 3.94. The summed E-state index contributed by atoms with van der Waals surface area (Å²) in [4.78, 5) is 18.2. The highest BCUT2D eigenvalue weighted by atomic mass is 16.3. The van der Waals surface area contributed by atoms with E-state index in [1.165, 1.54) is 0 Å². The van der Waals surface area contributed by atoms with Crippen LogP contribution in [0.5, 0.6) is 0 Å². The molecular weight excluding hydrogens is 326 g/mol. The van der Waals surface area contributed by atoms with Crippen molar-refractivity contribution in [1.29, 1.82) is 0 Å². The summed E-state index contributed by atoms with van der Waals surface area (Å²) >= 11 is 0. The number of carbonyl (C=O) groups is 1. The van der Waals surface area contributed by atoms with E-state index in [1.807, 2.05) is 51.1 Å². The van der Waals surface area contributed by atoms with Crippen LogP contribution in [0.3, 0.4) is 0 Å². The highest BCUT2D eigenvalue weighted by Crippen LogP contribution is 2.30. The van der Waals surface area contributed by atoms with Crippen LogP contribution in [0.15, 0.2) is 48.8 Å². The Kier molecular flexibility index (Phi) is 4.83. The van der Waals surface area contributed by atoms with Crippen LogP contribution in [0.2, 0.25) is 0 Å². The van der Waals surface area contributed by atoms with Gasteiger partial charge in [-0.25, -0.2) is 0 Å². The number of fused-ring (bicyclic) bond motifs is 1. The van der Waals surface area contributed by atoms with Crippen LogP contribution in [0.25, 0.3) is 10.9 Å². The lowest BCUT2D eigenvalue weighted by Crippen LogP contribution is -2.28. The van der Waals surface area contributed by atoms with Gasteiger partial charge in [-0.15, -0.1) is 0 Å². The maximum Gasteiger partial charge on any atom is 0.227 e. The lowest BCUT2D eigenvalue weighted by molar-refractivity contribution is 0.0737. The Balaban J connectivity index is 2.03. The minimum atomic E-state index is -0.748. The molecule has 3 rings (SSSR count). The first-order valence-electron chi connectivity index (χ1n) is 8.79. The summed E-state index contributed by atoms with van der Waals surface area (Å²) < 4.78 is 1.65. The van der Waals surface area contributed by atoms with Crippen LogP contribution in [0.4, 0.5) is 11.4 Å². The van der Waals surface area contributed by atoms with Crippen molar-refractivity contribution in [2.24, 2.45) is 0 Å². The quantitative estimate of drug-likeness (QED) is 0.744. The Morgan fingerprint density at radius 1 is 1.19 bits per heavy atom. The van der Waals surface area contributed by atoms with Crippen molar-refractivity contribution in [2.75, 3.05) is 11.4 Å². The number of benzene rings is 1. The Bertz CT molecular complexity index is 938. The first-order chi connectivity index (χ1) is 12.2. The van der Waals surface area contributed by atoms with Gasteiger partial charge in [-0.2, -0.15) is 0 Å². The molecule has 5 heteroatoms. The van der Waals surface area contributed by atoms with Crippen molar-refractivity contribution >= 4 is 28.2 Å². The van der Waals surface area contributed by atoms with Gasteiger partial charge in [0.2, 0.25) is 5.91 Å². The zero-order chi connectivity index (χ0) is 18.9. The highest BCUT2D eigenvalue weighted by Gasteiger charge is 2.18. The van der Waals surface area contributed by atoms with Gasteiger partial charge in [-0.1, -0.05) is 0 Å². The van der Waals surface area contributed by atoms with Gasteiger partial charge in [0.05, 0.1) is 11.1 Å². The second-order valence-electron chi connectivity index (χ2n) is 7.32. The zero-order valence-corrected chi connectivity index (χ0v) is 15.7. The van der Waals surface area contributed by atoms with Gasteiger partial charge in [-0.3, -0.25) is 14.3 Å². The minimum Gasteiger partial charge on any atom is -0.390 e. The SMILES string of the molecule is CC(=O)n1ccc2cc(N(CCC(C)(C)O)c3ccnc(C)c3)ccc21. The van der Waals surface area contributed by atoms with Crippen molar-refractivity contribution in [3.05, 3.63) is 54.5 Å². The monoisotopic (exact) mass is 351 g/mol. The summed E-state index contributed by atoms with van der Waals surface area (Å²) in [6.07, 6.45) is 4.22. The van der Waals surface area contributed by atoms with Gasteiger partial charge in [0, 0.05) is 48.3 Å². The van der Waals surface area contributed by atoms with E-state index in [1.54, 1.807) is 23.9 Å². The molecule has 136 valence electrons. The summed E-state index contributed by atoms with van der Waals surface area (Å²) in [5, 5.41) is 11.2. The summed E-state index contributed by atoms with van der Waals surface area (Å²) in [6.45, 7) is 7.83. The van der Waals surface area contributed by atoms with Crippen LogP contribution < -0.4 is 4.90 Å².